The van der Waals surface area contributed by atoms with Crippen LogP contribution in [0.3, 0.4) is 0 Å². The Morgan fingerprint density at radius 3 is 2.20 bits per heavy atom. The van der Waals surface area contributed by atoms with Crippen molar-refractivity contribution in [1.82, 2.24) is 4.98 Å². The Balaban J connectivity index is 0. The van der Waals surface area contributed by atoms with E-state index in [4.69, 9.17) is 5.73 Å². The van der Waals surface area contributed by atoms with E-state index in [-0.39, 0.29) is 41.7 Å². The molecule has 0 saturated carbocycles. The highest BCUT2D eigenvalue weighted by Crippen LogP contribution is 2.11. The maximum absolute atomic E-state index is 11.7. The number of hydrogen-bond acceptors (Lipinski definition) is 5. The van der Waals surface area contributed by atoms with Gasteiger partial charge in [0.25, 0.3) is 0 Å². The Morgan fingerprint density at radius 2 is 1.85 bits per heavy atom. The largest absolute Gasteiger partial charge is 0.323 e. The summed E-state index contributed by atoms with van der Waals surface area (Å²) in [6.07, 6.45) is 2.36. The first-order valence-electron chi connectivity index (χ1n) is 5.44. The van der Waals surface area contributed by atoms with Gasteiger partial charge in [-0.05, 0) is 18.1 Å². The number of nitrogens with zero attached hydrogens (tertiary/aromatic N) is 1. The van der Waals surface area contributed by atoms with Crippen LogP contribution in [0.2, 0.25) is 0 Å². The molecular formula is C11H19Cl2N3O3S. The van der Waals surface area contributed by atoms with Crippen LogP contribution in [0.5, 0.6) is 0 Å². The number of nitrogens with two attached hydrogens (primary N) is 1. The highest BCUT2D eigenvalue weighted by molar-refractivity contribution is 7.90. The summed E-state index contributed by atoms with van der Waals surface area (Å²) >= 11 is 0. The third-order valence-electron chi connectivity index (χ3n) is 2.40. The summed E-state index contributed by atoms with van der Waals surface area (Å²) in [5, 5.41) is 2.55. The van der Waals surface area contributed by atoms with Gasteiger partial charge in [-0.2, -0.15) is 0 Å². The van der Waals surface area contributed by atoms with Crippen molar-refractivity contribution in [2.45, 2.75) is 24.9 Å². The van der Waals surface area contributed by atoms with Gasteiger partial charge in [-0.25, -0.2) is 13.4 Å². The number of pyridine rings is 1. The number of carbonyl (C=O) groups is 1. The average molecular weight is 344 g/mol. The number of carbonyl (C=O) groups excluding carboxylic acids is 1. The molecule has 0 spiro atoms. The number of halogens is 2. The summed E-state index contributed by atoms with van der Waals surface area (Å²) in [6, 6.07) is 2.21. The molecule has 1 amide bonds. The zero-order chi connectivity index (χ0) is 13.9. The van der Waals surface area contributed by atoms with Crippen molar-refractivity contribution >= 4 is 46.2 Å². The van der Waals surface area contributed by atoms with E-state index in [2.05, 4.69) is 10.3 Å². The minimum atomic E-state index is -3.33. The molecule has 1 aromatic heterocycles. The molecule has 1 atom stereocenters. The van der Waals surface area contributed by atoms with E-state index < -0.39 is 15.9 Å². The molecule has 0 aliphatic carbocycles. The van der Waals surface area contributed by atoms with Crippen molar-refractivity contribution in [1.29, 1.82) is 0 Å². The quantitative estimate of drug-likeness (QED) is 0.856. The number of rotatable bonds is 4. The number of nitrogens with one attached hydrogen (secondary N) is 1. The Morgan fingerprint density at radius 1 is 1.30 bits per heavy atom. The third-order valence-corrected chi connectivity index (χ3v) is 3.41. The average Bonchev–Trinajstić information content (AvgIpc) is 2.27. The van der Waals surface area contributed by atoms with Gasteiger partial charge >= 0.3 is 0 Å². The van der Waals surface area contributed by atoms with Gasteiger partial charge in [0, 0.05) is 6.26 Å². The van der Waals surface area contributed by atoms with Gasteiger partial charge in [0.05, 0.1) is 17.9 Å². The molecule has 3 N–H and O–H groups in total. The molecule has 6 nitrogen and oxygen atoms in total. The Labute approximate surface area is 131 Å². The van der Waals surface area contributed by atoms with E-state index >= 15 is 0 Å². The number of anilines is 1. The molecule has 1 aromatic rings. The van der Waals surface area contributed by atoms with Gasteiger partial charge in [-0.15, -0.1) is 24.8 Å². The summed E-state index contributed by atoms with van der Waals surface area (Å²) in [4.78, 5) is 15.4. The zero-order valence-electron chi connectivity index (χ0n) is 11.4. The molecule has 0 radical (unpaired) electrons. The van der Waals surface area contributed by atoms with Crippen molar-refractivity contribution in [2.24, 2.45) is 11.7 Å². The van der Waals surface area contributed by atoms with E-state index in [0.29, 0.717) is 5.69 Å². The Hall–Kier alpha value is -0.890. The highest BCUT2D eigenvalue weighted by atomic mass is 35.5. The van der Waals surface area contributed by atoms with Gasteiger partial charge in [-0.3, -0.25) is 4.79 Å². The number of amides is 1. The first-order chi connectivity index (χ1) is 8.21. The predicted octanol–water partition coefficient (Wildman–Crippen LogP) is 1.25. The molecule has 0 unspecified atom stereocenters. The monoisotopic (exact) mass is 343 g/mol. The lowest BCUT2D eigenvalue weighted by Crippen LogP contribution is -2.39. The molecular weight excluding hydrogens is 325 g/mol. The van der Waals surface area contributed by atoms with Crippen LogP contribution in [0.15, 0.2) is 23.4 Å². The van der Waals surface area contributed by atoms with Crippen molar-refractivity contribution in [2.75, 3.05) is 11.6 Å². The van der Waals surface area contributed by atoms with Crippen LogP contribution in [-0.2, 0) is 14.6 Å². The third kappa shape index (κ3) is 6.04. The standard InChI is InChI=1S/C11H17N3O3S.2ClH/c1-7(2)10(12)11(15)14-8-4-5-9(13-6-8)18(3,16)17;;/h4-7,10H,12H2,1-3H3,(H,14,15);2*1H/t10-;;/m1../s1. The molecule has 20 heavy (non-hydrogen) atoms. The normalized spacial score (nSPS) is 12.1. The molecule has 1 rings (SSSR count). The second-order valence-corrected chi connectivity index (χ2v) is 6.38. The lowest BCUT2D eigenvalue weighted by atomic mass is 10.1. The van der Waals surface area contributed by atoms with Gasteiger partial charge < -0.3 is 11.1 Å². The summed E-state index contributed by atoms with van der Waals surface area (Å²) in [5.41, 5.74) is 6.10. The zero-order valence-corrected chi connectivity index (χ0v) is 13.8. The van der Waals surface area contributed by atoms with Gasteiger partial charge in [0.2, 0.25) is 5.91 Å². The maximum Gasteiger partial charge on any atom is 0.241 e. The van der Waals surface area contributed by atoms with E-state index in [1.54, 1.807) is 0 Å². The van der Waals surface area contributed by atoms with E-state index in [9.17, 15) is 13.2 Å². The van der Waals surface area contributed by atoms with Crippen LogP contribution in [0.4, 0.5) is 5.69 Å². The molecule has 9 heteroatoms. The predicted molar refractivity (Wildman–Crippen MR) is 83.3 cm³/mol. The molecule has 0 fully saturated rings. The molecule has 0 bridgehead atoms. The summed E-state index contributed by atoms with van der Waals surface area (Å²) < 4.78 is 22.4. The molecule has 116 valence electrons. The van der Waals surface area contributed by atoms with Gasteiger partial charge in [0.15, 0.2) is 14.9 Å². The Bertz CT molecular complexity index is 532. The van der Waals surface area contributed by atoms with Crippen LogP contribution in [-0.4, -0.2) is 31.6 Å². The molecule has 0 aliphatic heterocycles. The fraction of sp³-hybridized carbons (Fsp3) is 0.455. The highest BCUT2D eigenvalue weighted by Gasteiger charge is 2.17. The number of aromatic nitrogens is 1. The van der Waals surface area contributed by atoms with Crippen LogP contribution in [0.25, 0.3) is 0 Å². The number of hydrogen-bond donors (Lipinski definition) is 2. The molecule has 0 aromatic carbocycles. The fourth-order valence-electron chi connectivity index (χ4n) is 1.20. The SMILES string of the molecule is CC(C)[C@@H](N)C(=O)Nc1ccc(S(C)(=O)=O)nc1.Cl.Cl. The second kappa shape index (κ2) is 8.41. The Kier molecular flexibility index (Phi) is 9.00. The van der Waals surface area contributed by atoms with E-state index in [1.165, 1.54) is 18.3 Å². The van der Waals surface area contributed by atoms with Crippen LogP contribution < -0.4 is 11.1 Å². The minimum absolute atomic E-state index is 0. The van der Waals surface area contributed by atoms with Crippen LogP contribution in [0.1, 0.15) is 13.8 Å². The summed E-state index contributed by atoms with van der Waals surface area (Å²) in [6.45, 7) is 3.69. The maximum atomic E-state index is 11.7. The van der Waals surface area contributed by atoms with Crippen molar-refractivity contribution in [3.05, 3.63) is 18.3 Å². The molecule has 0 saturated heterocycles. The molecule has 1 heterocycles. The van der Waals surface area contributed by atoms with Crippen molar-refractivity contribution in [3.8, 4) is 0 Å². The number of sulfone groups is 1. The lowest BCUT2D eigenvalue weighted by Gasteiger charge is -2.15. The van der Waals surface area contributed by atoms with E-state index in [1.807, 2.05) is 13.8 Å². The second-order valence-electron chi connectivity index (χ2n) is 4.42. The van der Waals surface area contributed by atoms with Crippen LogP contribution >= 0.6 is 24.8 Å². The smallest absolute Gasteiger partial charge is 0.241 e. The van der Waals surface area contributed by atoms with Gasteiger partial charge in [0.1, 0.15) is 0 Å². The van der Waals surface area contributed by atoms with Crippen LogP contribution in [0, 0.1) is 5.92 Å². The molecule has 0 aliphatic rings. The van der Waals surface area contributed by atoms with E-state index in [0.717, 1.165) is 6.26 Å². The summed E-state index contributed by atoms with van der Waals surface area (Å²) in [5.74, 6) is -0.299. The summed E-state index contributed by atoms with van der Waals surface area (Å²) in [7, 11) is -3.33. The first-order valence-corrected chi connectivity index (χ1v) is 7.33. The van der Waals surface area contributed by atoms with Gasteiger partial charge in [-0.1, -0.05) is 13.8 Å². The van der Waals surface area contributed by atoms with Crippen molar-refractivity contribution < 1.29 is 13.2 Å². The lowest BCUT2D eigenvalue weighted by molar-refractivity contribution is -0.118. The van der Waals surface area contributed by atoms with Crippen molar-refractivity contribution in [3.63, 3.8) is 0 Å². The minimum Gasteiger partial charge on any atom is -0.323 e. The first kappa shape index (κ1) is 21.4. The fourth-order valence-corrected chi connectivity index (χ4v) is 1.76. The topological polar surface area (TPSA) is 102 Å².